The summed E-state index contributed by atoms with van der Waals surface area (Å²) in [6.07, 6.45) is 1.43. The number of nitrogens with zero attached hydrogens (tertiary/aromatic N) is 1. The largest absolute Gasteiger partial charge is 0.394 e. The summed E-state index contributed by atoms with van der Waals surface area (Å²) >= 11 is 6.26. The average molecular weight is 409 g/mol. The van der Waals surface area contributed by atoms with Gasteiger partial charge in [0.25, 0.3) is 5.91 Å². The molecule has 0 saturated carbocycles. The first kappa shape index (κ1) is 19.7. The fourth-order valence-corrected chi connectivity index (χ4v) is 4.97. The molecule has 2 aromatic rings. The van der Waals surface area contributed by atoms with Crippen LogP contribution in [0.15, 0.2) is 48.5 Å². The van der Waals surface area contributed by atoms with Crippen molar-refractivity contribution in [3.8, 4) is 0 Å². The SMILES string of the molecule is O=C(N[C@@H](CO)c1ccccc1)c1ccc(N2CCCCS2(=O)=O)cc1Cl. The summed E-state index contributed by atoms with van der Waals surface area (Å²) in [6, 6.07) is 13.2. The maximum atomic E-state index is 12.6. The van der Waals surface area contributed by atoms with Gasteiger partial charge in [-0.1, -0.05) is 41.9 Å². The number of hydrogen-bond donors (Lipinski definition) is 2. The molecule has 0 spiro atoms. The number of carbonyl (C=O) groups excluding carboxylic acids is 1. The van der Waals surface area contributed by atoms with E-state index in [1.54, 1.807) is 6.07 Å². The van der Waals surface area contributed by atoms with Crippen LogP contribution in [0.1, 0.15) is 34.8 Å². The molecule has 0 bridgehead atoms. The molecular weight excluding hydrogens is 388 g/mol. The predicted octanol–water partition coefficient (Wildman–Crippen LogP) is 2.73. The van der Waals surface area contributed by atoms with E-state index < -0.39 is 22.0 Å². The van der Waals surface area contributed by atoms with Gasteiger partial charge >= 0.3 is 0 Å². The number of sulfonamides is 1. The highest BCUT2D eigenvalue weighted by Gasteiger charge is 2.27. The van der Waals surface area contributed by atoms with Crippen LogP contribution in [0.5, 0.6) is 0 Å². The molecule has 1 amide bonds. The fourth-order valence-electron chi connectivity index (χ4n) is 3.08. The Morgan fingerprint density at radius 1 is 1.19 bits per heavy atom. The molecule has 27 heavy (non-hydrogen) atoms. The average Bonchev–Trinajstić information content (AvgIpc) is 2.66. The number of aliphatic hydroxyl groups excluding tert-OH is 1. The Morgan fingerprint density at radius 2 is 1.93 bits per heavy atom. The normalized spacial score (nSPS) is 17.3. The van der Waals surface area contributed by atoms with Crippen molar-refractivity contribution in [2.24, 2.45) is 0 Å². The standard InChI is InChI=1S/C19H21ClN2O4S/c20-17-12-15(22-10-4-5-11-27(22,25)26)8-9-16(17)19(24)21-18(13-23)14-6-2-1-3-7-14/h1-3,6-9,12,18,23H,4-5,10-11,13H2,(H,21,24)/t18-/m0/s1. The highest BCUT2D eigenvalue weighted by Crippen LogP contribution is 2.28. The maximum absolute atomic E-state index is 12.6. The smallest absolute Gasteiger partial charge is 0.253 e. The lowest BCUT2D eigenvalue weighted by Gasteiger charge is -2.28. The molecule has 0 aliphatic carbocycles. The Kier molecular flexibility index (Phi) is 6.04. The Morgan fingerprint density at radius 3 is 2.56 bits per heavy atom. The summed E-state index contributed by atoms with van der Waals surface area (Å²) in [6.45, 7) is 0.155. The van der Waals surface area contributed by atoms with Crippen molar-refractivity contribution >= 4 is 33.2 Å². The van der Waals surface area contributed by atoms with Gasteiger partial charge in [0.1, 0.15) is 0 Å². The minimum absolute atomic E-state index is 0.113. The molecule has 8 heteroatoms. The van der Waals surface area contributed by atoms with Crippen LogP contribution in [0.2, 0.25) is 5.02 Å². The zero-order valence-corrected chi connectivity index (χ0v) is 16.2. The predicted molar refractivity (Wildman–Crippen MR) is 106 cm³/mol. The lowest BCUT2D eigenvalue weighted by molar-refractivity contribution is 0.0916. The van der Waals surface area contributed by atoms with Gasteiger partial charge in [0, 0.05) is 6.54 Å². The van der Waals surface area contributed by atoms with Crippen LogP contribution in [0, 0.1) is 0 Å². The number of nitrogens with one attached hydrogen (secondary N) is 1. The summed E-state index contributed by atoms with van der Waals surface area (Å²) in [4.78, 5) is 12.6. The molecule has 6 nitrogen and oxygen atoms in total. The lowest BCUT2D eigenvalue weighted by atomic mass is 10.1. The number of carbonyl (C=O) groups is 1. The number of rotatable bonds is 5. The molecule has 1 fully saturated rings. The quantitative estimate of drug-likeness (QED) is 0.796. The zero-order valence-electron chi connectivity index (χ0n) is 14.6. The monoisotopic (exact) mass is 408 g/mol. The second-order valence-electron chi connectivity index (χ2n) is 6.38. The molecule has 1 aliphatic rings. The molecule has 1 saturated heterocycles. The van der Waals surface area contributed by atoms with E-state index in [0.29, 0.717) is 18.7 Å². The highest BCUT2D eigenvalue weighted by atomic mass is 35.5. The van der Waals surface area contributed by atoms with Crippen LogP contribution in [0.4, 0.5) is 5.69 Å². The summed E-state index contributed by atoms with van der Waals surface area (Å²) in [5.41, 5.74) is 1.46. The zero-order chi connectivity index (χ0) is 19.4. The Hall–Kier alpha value is -2.09. The van der Waals surface area contributed by atoms with Crippen LogP contribution < -0.4 is 9.62 Å². The Balaban J connectivity index is 1.80. The molecule has 1 heterocycles. The number of anilines is 1. The third-order valence-electron chi connectivity index (χ3n) is 4.52. The highest BCUT2D eigenvalue weighted by molar-refractivity contribution is 7.92. The Labute approximate surface area is 163 Å². The first-order valence-electron chi connectivity index (χ1n) is 8.69. The molecule has 2 N–H and O–H groups in total. The number of benzene rings is 2. The van der Waals surface area contributed by atoms with Crippen LogP contribution in [0.3, 0.4) is 0 Å². The van der Waals surface area contributed by atoms with Gasteiger partial charge < -0.3 is 10.4 Å². The van der Waals surface area contributed by atoms with Crippen LogP contribution in [-0.4, -0.2) is 38.3 Å². The van der Waals surface area contributed by atoms with E-state index in [1.165, 1.54) is 16.4 Å². The minimum atomic E-state index is -3.34. The molecule has 2 aromatic carbocycles. The molecule has 1 atom stereocenters. The summed E-state index contributed by atoms with van der Waals surface area (Å²) in [5.74, 6) is -0.321. The first-order valence-corrected chi connectivity index (χ1v) is 10.7. The van der Waals surface area contributed by atoms with E-state index in [4.69, 9.17) is 11.6 Å². The van der Waals surface area contributed by atoms with Gasteiger partial charge in [-0.15, -0.1) is 0 Å². The maximum Gasteiger partial charge on any atom is 0.253 e. The van der Waals surface area contributed by atoms with E-state index in [2.05, 4.69) is 5.32 Å². The lowest BCUT2D eigenvalue weighted by Crippen LogP contribution is -2.38. The number of amides is 1. The van der Waals surface area contributed by atoms with E-state index in [0.717, 1.165) is 12.0 Å². The second-order valence-corrected chi connectivity index (χ2v) is 8.80. The van der Waals surface area contributed by atoms with Gasteiger partial charge in [-0.05, 0) is 36.6 Å². The van der Waals surface area contributed by atoms with Gasteiger partial charge in [-0.2, -0.15) is 0 Å². The third kappa shape index (κ3) is 4.43. The van der Waals surface area contributed by atoms with Gasteiger partial charge in [0.15, 0.2) is 0 Å². The van der Waals surface area contributed by atoms with Gasteiger partial charge in [-0.3, -0.25) is 9.10 Å². The topological polar surface area (TPSA) is 86.7 Å². The minimum Gasteiger partial charge on any atom is -0.394 e. The van der Waals surface area contributed by atoms with Crippen molar-refractivity contribution < 1.29 is 18.3 Å². The van der Waals surface area contributed by atoms with E-state index >= 15 is 0 Å². The van der Waals surface area contributed by atoms with E-state index in [1.807, 2.05) is 30.3 Å². The first-order chi connectivity index (χ1) is 12.9. The summed E-state index contributed by atoms with van der Waals surface area (Å²) < 4.78 is 25.8. The molecular formula is C19H21ClN2O4S. The van der Waals surface area contributed by atoms with Crippen molar-refractivity contribution in [2.45, 2.75) is 18.9 Å². The molecule has 0 unspecified atom stereocenters. The Bertz CT molecular complexity index is 919. The van der Waals surface area contributed by atoms with Crippen LogP contribution in [0.25, 0.3) is 0 Å². The molecule has 3 rings (SSSR count). The number of hydrogen-bond acceptors (Lipinski definition) is 4. The van der Waals surface area contributed by atoms with Crippen molar-refractivity contribution in [3.63, 3.8) is 0 Å². The fraction of sp³-hybridized carbons (Fsp3) is 0.316. The second kappa shape index (κ2) is 8.29. The van der Waals surface area contributed by atoms with E-state index in [9.17, 15) is 18.3 Å². The van der Waals surface area contributed by atoms with Crippen LogP contribution in [-0.2, 0) is 10.0 Å². The van der Waals surface area contributed by atoms with Gasteiger partial charge in [-0.25, -0.2) is 8.42 Å². The molecule has 144 valence electrons. The van der Waals surface area contributed by atoms with Crippen molar-refractivity contribution in [3.05, 3.63) is 64.7 Å². The van der Waals surface area contributed by atoms with Crippen LogP contribution >= 0.6 is 11.6 Å². The van der Waals surface area contributed by atoms with Gasteiger partial charge in [0.05, 0.1) is 34.7 Å². The summed E-state index contributed by atoms with van der Waals surface area (Å²) in [5, 5.41) is 12.5. The number of aliphatic hydroxyl groups is 1. The summed E-state index contributed by atoms with van der Waals surface area (Å²) in [7, 11) is -3.34. The molecule has 0 radical (unpaired) electrons. The van der Waals surface area contributed by atoms with Gasteiger partial charge in [0.2, 0.25) is 10.0 Å². The van der Waals surface area contributed by atoms with Crippen molar-refractivity contribution in [1.29, 1.82) is 0 Å². The van der Waals surface area contributed by atoms with E-state index in [-0.39, 0.29) is 22.9 Å². The molecule has 1 aliphatic heterocycles. The number of halogens is 1. The van der Waals surface area contributed by atoms with Crippen molar-refractivity contribution in [1.82, 2.24) is 5.32 Å². The third-order valence-corrected chi connectivity index (χ3v) is 6.71. The molecule has 0 aromatic heterocycles. The van der Waals surface area contributed by atoms with Crippen molar-refractivity contribution in [2.75, 3.05) is 23.2 Å².